The summed E-state index contributed by atoms with van der Waals surface area (Å²) in [6.45, 7) is 7.45. The normalized spacial score (nSPS) is 13.1. The van der Waals surface area contributed by atoms with Crippen LogP contribution in [-0.2, 0) is 0 Å². The van der Waals surface area contributed by atoms with E-state index in [1.807, 2.05) is 13.0 Å². The molecule has 1 atom stereocenters. The van der Waals surface area contributed by atoms with E-state index in [1.165, 1.54) is 0 Å². The fourth-order valence-electron chi connectivity index (χ4n) is 1.89. The Hall–Kier alpha value is -1.16. The first-order valence-corrected chi connectivity index (χ1v) is 6.18. The van der Waals surface area contributed by atoms with Crippen LogP contribution in [0.3, 0.4) is 0 Å². The quantitative estimate of drug-likeness (QED) is 0.822. The zero-order chi connectivity index (χ0) is 12.8. The number of hydrogen-bond donors (Lipinski definition) is 1. The van der Waals surface area contributed by atoms with Crippen LogP contribution in [0.1, 0.15) is 26.0 Å². The van der Waals surface area contributed by atoms with Crippen LogP contribution >= 0.6 is 0 Å². The predicted molar refractivity (Wildman–Crippen MR) is 72.2 cm³/mol. The van der Waals surface area contributed by atoms with Gasteiger partial charge in [-0.2, -0.15) is 0 Å². The summed E-state index contributed by atoms with van der Waals surface area (Å²) in [6, 6.07) is 2.31. The van der Waals surface area contributed by atoms with E-state index < -0.39 is 0 Å². The van der Waals surface area contributed by atoms with Gasteiger partial charge in [0.2, 0.25) is 5.95 Å². The van der Waals surface area contributed by atoms with Crippen LogP contribution < -0.4 is 5.32 Å². The Morgan fingerprint density at radius 2 is 2.06 bits per heavy atom. The van der Waals surface area contributed by atoms with Crippen molar-refractivity contribution in [2.45, 2.75) is 33.2 Å². The van der Waals surface area contributed by atoms with Crippen molar-refractivity contribution in [3.05, 3.63) is 18.0 Å². The molecule has 0 saturated carbocycles. The topological polar surface area (TPSA) is 41.1 Å². The van der Waals surface area contributed by atoms with Gasteiger partial charge in [-0.15, -0.1) is 0 Å². The fraction of sp³-hybridized carbons (Fsp3) is 0.692. The van der Waals surface area contributed by atoms with Crippen molar-refractivity contribution in [1.29, 1.82) is 0 Å². The third-order valence-corrected chi connectivity index (χ3v) is 2.47. The lowest BCUT2D eigenvalue weighted by molar-refractivity contribution is 0.355. The predicted octanol–water partition coefficient (Wildman–Crippen LogP) is 2.17. The number of nitrogens with one attached hydrogen (secondary N) is 1. The third-order valence-electron chi connectivity index (χ3n) is 2.47. The highest BCUT2D eigenvalue weighted by Crippen LogP contribution is 2.10. The Labute approximate surface area is 104 Å². The molecule has 1 N–H and O–H groups in total. The first kappa shape index (κ1) is 13.9. The van der Waals surface area contributed by atoms with E-state index in [9.17, 15) is 0 Å². The van der Waals surface area contributed by atoms with E-state index in [1.54, 1.807) is 6.20 Å². The van der Waals surface area contributed by atoms with Gasteiger partial charge in [0.05, 0.1) is 0 Å². The summed E-state index contributed by atoms with van der Waals surface area (Å²) in [7, 11) is 4.18. The van der Waals surface area contributed by atoms with Crippen molar-refractivity contribution in [3.63, 3.8) is 0 Å². The second-order valence-corrected chi connectivity index (χ2v) is 5.25. The molecule has 17 heavy (non-hydrogen) atoms. The highest BCUT2D eigenvalue weighted by Gasteiger charge is 2.13. The van der Waals surface area contributed by atoms with Crippen molar-refractivity contribution < 1.29 is 0 Å². The number of nitrogens with zero attached hydrogens (tertiary/aromatic N) is 3. The van der Waals surface area contributed by atoms with Crippen molar-refractivity contribution >= 4 is 5.95 Å². The van der Waals surface area contributed by atoms with Crippen molar-refractivity contribution in [3.8, 4) is 0 Å². The maximum atomic E-state index is 4.39. The van der Waals surface area contributed by atoms with Crippen LogP contribution in [0.4, 0.5) is 5.95 Å². The molecule has 0 spiro atoms. The van der Waals surface area contributed by atoms with Crippen LogP contribution in [0.5, 0.6) is 0 Å². The Bertz CT molecular complexity index is 326. The van der Waals surface area contributed by atoms with Gasteiger partial charge in [0.15, 0.2) is 0 Å². The molecule has 1 aromatic rings. The molecule has 4 nitrogen and oxygen atoms in total. The SMILES string of the molecule is Cc1ccnc(NC(CC(C)C)CN(C)C)n1. The summed E-state index contributed by atoms with van der Waals surface area (Å²) < 4.78 is 0. The zero-order valence-corrected chi connectivity index (χ0v) is 11.6. The van der Waals surface area contributed by atoms with E-state index in [2.05, 4.69) is 48.1 Å². The molecule has 0 aliphatic heterocycles. The standard InChI is InChI=1S/C13H24N4/c1-10(2)8-12(9-17(4)5)16-13-14-7-6-11(3)15-13/h6-7,10,12H,8-9H2,1-5H3,(H,14,15,16). The van der Waals surface area contributed by atoms with Crippen LogP contribution in [0.15, 0.2) is 12.3 Å². The molecule has 1 unspecified atom stereocenters. The summed E-state index contributed by atoms with van der Waals surface area (Å²) in [5.41, 5.74) is 0.996. The lowest BCUT2D eigenvalue weighted by Gasteiger charge is -2.23. The summed E-state index contributed by atoms with van der Waals surface area (Å²) in [5, 5.41) is 3.42. The highest BCUT2D eigenvalue weighted by molar-refractivity contribution is 5.26. The molecular weight excluding hydrogens is 212 g/mol. The van der Waals surface area contributed by atoms with Gasteiger partial charge in [-0.1, -0.05) is 13.8 Å². The number of anilines is 1. The fourth-order valence-corrected chi connectivity index (χ4v) is 1.89. The monoisotopic (exact) mass is 236 g/mol. The van der Waals surface area contributed by atoms with Crippen LogP contribution in [0.2, 0.25) is 0 Å². The second kappa shape index (κ2) is 6.55. The van der Waals surface area contributed by atoms with Gasteiger partial charge in [-0.3, -0.25) is 0 Å². The first-order valence-electron chi connectivity index (χ1n) is 6.18. The summed E-state index contributed by atoms with van der Waals surface area (Å²) in [6.07, 6.45) is 2.92. The number of aromatic nitrogens is 2. The molecule has 0 aliphatic carbocycles. The lowest BCUT2D eigenvalue weighted by Crippen LogP contribution is -2.34. The molecule has 4 heteroatoms. The summed E-state index contributed by atoms with van der Waals surface area (Å²) >= 11 is 0. The Balaban J connectivity index is 2.64. The number of aryl methyl sites for hydroxylation is 1. The minimum absolute atomic E-state index is 0.395. The van der Waals surface area contributed by atoms with Gasteiger partial charge in [-0.05, 0) is 39.4 Å². The molecule has 0 radical (unpaired) electrons. The van der Waals surface area contributed by atoms with Crippen molar-refractivity contribution in [2.75, 3.05) is 26.0 Å². The van der Waals surface area contributed by atoms with Crippen LogP contribution in [-0.4, -0.2) is 41.5 Å². The number of rotatable bonds is 6. The number of likely N-dealkylation sites (N-methyl/N-ethyl adjacent to an activating group) is 1. The average Bonchev–Trinajstić information content (AvgIpc) is 2.14. The van der Waals surface area contributed by atoms with E-state index in [-0.39, 0.29) is 0 Å². The Morgan fingerprint density at radius 1 is 1.35 bits per heavy atom. The Morgan fingerprint density at radius 3 is 2.59 bits per heavy atom. The van der Waals surface area contributed by atoms with Gasteiger partial charge < -0.3 is 10.2 Å². The molecule has 0 aromatic carbocycles. The lowest BCUT2D eigenvalue weighted by atomic mass is 10.0. The third kappa shape index (κ3) is 5.63. The minimum atomic E-state index is 0.395. The van der Waals surface area contributed by atoms with E-state index in [4.69, 9.17) is 0 Å². The summed E-state index contributed by atoms with van der Waals surface area (Å²) in [5.74, 6) is 1.40. The number of hydrogen-bond acceptors (Lipinski definition) is 4. The van der Waals surface area contributed by atoms with E-state index in [0.717, 1.165) is 24.6 Å². The van der Waals surface area contributed by atoms with Crippen LogP contribution in [0.25, 0.3) is 0 Å². The minimum Gasteiger partial charge on any atom is -0.350 e. The molecule has 0 aliphatic rings. The van der Waals surface area contributed by atoms with Crippen molar-refractivity contribution in [2.24, 2.45) is 5.92 Å². The molecule has 0 fully saturated rings. The second-order valence-electron chi connectivity index (χ2n) is 5.25. The summed E-state index contributed by atoms with van der Waals surface area (Å²) in [4.78, 5) is 10.8. The molecule has 0 bridgehead atoms. The van der Waals surface area contributed by atoms with Gasteiger partial charge in [0.1, 0.15) is 0 Å². The maximum absolute atomic E-state index is 4.39. The molecule has 96 valence electrons. The van der Waals surface area contributed by atoms with Gasteiger partial charge in [0, 0.05) is 24.5 Å². The molecule has 1 heterocycles. The zero-order valence-electron chi connectivity index (χ0n) is 11.6. The van der Waals surface area contributed by atoms with Crippen LogP contribution in [0, 0.1) is 12.8 Å². The highest BCUT2D eigenvalue weighted by atomic mass is 15.2. The molecule has 0 saturated heterocycles. The largest absolute Gasteiger partial charge is 0.350 e. The average molecular weight is 236 g/mol. The van der Waals surface area contributed by atoms with Gasteiger partial charge >= 0.3 is 0 Å². The molecule has 0 amide bonds. The van der Waals surface area contributed by atoms with Gasteiger partial charge in [0.25, 0.3) is 0 Å². The van der Waals surface area contributed by atoms with E-state index in [0.29, 0.717) is 12.0 Å². The van der Waals surface area contributed by atoms with Crippen molar-refractivity contribution in [1.82, 2.24) is 14.9 Å². The molecular formula is C13H24N4. The smallest absolute Gasteiger partial charge is 0.223 e. The van der Waals surface area contributed by atoms with E-state index >= 15 is 0 Å². The first-order chi connectivity index (χ1) is 7.97. The van der Waals surface area contributed by atoms with Gasteiger partial charge in [-0.25, -0.2) is 9.97 Å². The Kier molecular flexibility index (Phi) is 5.35. The molecule has 1 rings (SSSR count). The molecule has 1 aromatic heterocycles. The maximum Gasteiger partial charge on any atom is 0.223 e.